The van der Waals surface area contributed by atoms with Crippen LogP contribution in [0, 0.1) is 20.8 Å². The number of hydrogen-bond acceptors (Lipinski definition) is 1. The molecular formula is C21H28O. The molecule has 1 saturated carbocycles. The zero-order chi connectivity index (χ0) is 16.2. The lowest BCUT2D eigenvalue weighted by molar-refractivity contribution is -0.120. The van der Waals surface area contributed by atoms with Gasteiger partial charge in [0.15, 0.2) is 0 Å². The highest BCUT2D eigenvalue weighted by Crippen LogP contribution is 2.12. The zero-order valence-corrected chi connectivity index (χ0v) is 14.1. The third kappa shape index (κ3) is 9.12. The minimum atomic E-state index is 0.464. The average Bonchev–Trinajstić information content (AvgIpc) is 2.53. The van der Waals surface area contributed by atoms with Crippen LogP contribution in [0.5, 0.6) is 0 Å². The maximum atomic E-state index is 10.5. The predicted octanol–water partition coefficient (Wildman–Crippen LogP) is 5.82. The van der Waals surface area contributed by atoms with Crippen molar-refractivity contribution in [3.8, 4) is 0 Å². The number of carbonyl (C=O) groups is 1. The van der Waals surface area contributed by atoms with Crippen LogP contribution in [0.1, 0.15) is 48.8 Å². The smallest absolute Gasteiger partial charge is 0.132 e. The van der Waals surface area contributed by atoms with Gasteiger partial charge in [-0.2, -0.15) is 0 Å². The fourth-order valence-corrected chi connectivity index (χ4v) is 2.12. The Hall–Kier alpha value is -1.89. The molecular weight excluding hydrogens is 268 g/mol. The molecule has 0 aromatic heterocycles. The summed E-state index contributed by atoms with van der Waals surface area (Å²) in [5.41, 5.74) is 3.98. The molecule has 0 atom stereocenters. The number of carbonyl (C=O) groups excluding carboxylic acids is 1. The molecule has 2 aromatic rings. The first kappa shape index (κ1) is 18.2. The van der Waals surface area contributed by atoms with E-state index in [1.54, 1.807) is 0 Å². The van der Waals surface area contributed by atoms with Gasteiger partial charge >= 0.3 is 0 Å². The molecule has 2 aromatic carbocycles. The molecule has 0 N–H and O–H groups in total. The van der Waals surface area contributed by atoms with Gasteiger partial charge in [0.2, 0.25) is 0 Å². The van der Waals surface area contributed by atoms with Gasteiger partial charge in [-0.25, -0.2) is 0 Å². The molecule has 1 heteroatoms. The molecule has 1 nitrogen and oxygen atoms in total. The predicted molar refractivity (Wildman–Crippen MR) is 95.2 cm³/mol. The molecule has 0 bridgehead atoms. The Bertz CT molecular complexity index is 497. The molecule has 118 valence electrons. The van der Waals surface area contributed by atoms with E-state index in [1.165, 1.54) is 23.1 Å². The van der Waals surface area contributed by atoms with E-state index < -0.39 is 0 Å². The molecule has 0 radical (unpaired) electrons. The summed E-state index contributed by atoms with van der Waals surface area (Å²) in [6, 6.07) is 18.7. The van der Waals surface area contributed by atoms with Crippen molar-refractivity contribution in [1.29, 1.82) is 0 Å². The van der Waals surface area contributed by atoms with E-state index in [2.05, 4.69) is 57.2 Å². The Kier molecular flexibility index (Phi) is 8.90. The fraction of sp³-hybridized carbons (Fsp3) is 0.381. The summed E-state index contributed by atoms with van der Waals surface area (Å²) in [5, 5.41) is 0. The van der Waals surface area contributed by atoms with Crippen molar-refractivity contribution in [2.75, 3.05) is 0 Å². The summed E-state index contributed by atoms with van der Waals surface area (Å²) < 4.78 is 0. The van der Waals surface area contributed by atoms with E-state index in [9.17, 15) is 4.79 Å². The number of rotatable bonds is 0. The van der Waals surface area contributed by atoms with Crippen LogP contribution in [-0.4, -0.2) is 5.78 Å². The van der Waals surface area contributed by atoms with Crippen LogP contribution in [0.15, 0.2) is 54.6 Å². The molecule has 3 rings (SSSR count). The van der Waals surface area contributed by atoms with Crippen molar-refractivity contribution >= 4 is 5.78 Å². The molecule has 0 unspecified atom stereocenters. The van der Waals surface area contributed by atoms with E-state index in [1.807, 2.05) is 18.2 Å². The van der Waals surface area contributed by atoms with Crippen molar-refractivity contribution in [3.63, 3.8) is 0 Å². The van der Waals surface area contributed by atoms with Gasteiger partial charge in [0.25, 0.3) is 0 Å². The summed E-state index contributed by atoms with van der Waals surface area (Å²) in [4.78, 5) is 10.5. The van der Waals surface area contributed by atoms with Gasteiger partial charge in [0.1, 0.15) is 5.78 Å². The summed E-state index contributed by atoms with van der Waals surface area (Å²) in [6.07, 6.45) is 5.24. The Morgan fingerprint density at radius 2 is 1.00 bits per heavy atom. The lowest BCUT2D eigenvalue weighted by Crippen LogP contribution is -2.02. The number of aryl methyl sites for hydroxylation is 3. The Morgan fingerprint density at radius 1 is 0.591 bits per heavy atom. The minimum Gasteiger partial charge on any atom is -0.300 e. The van der Waals surface area contributed by atoms with E-state index in [4.69, 9.17) is 0 Å². The second kappa shape index (κ2) is 10.8. The average molecular weight is 296 g/mol. The summed E-state index contributed by atoms with van der Waals surface area (Å²) in [6.45, 7) is 6.28. The maximum Gasteiger partial charge on any atom is 0.132 e. The molecule has 0 spiro atoms. The molecule has 0 saturated heterocycles. The number of hydrogen-bond donors (Lipinski definition) is 0. The first-order valence-corrected chi connectivity index (χ1v) is 8.14. The van der Waals surface area contributed by atoms with Gasteiger partial charge in [0, 0.05) is 12.8 Å². The van der Waals surface area contributed by atoms with Gasteiger partial charge in [0.05, 0.1) is 0 Å². The fourth-order valence-electron chi connectivity index (χ4n) is 2.12. The van der Waals surface area contributed by atoms with Gasteiger partial charge in [-0.15, -0.1) is 0 Å². The molecule has 22 heavy (non-hydrogen) atoms. The minimum absolute atomic E-state index is 0.464. The normalized spacial score (nSPS) is 13.3. The van der Waals surface area contributed by atoms with Crippen molar-refractivity contribution in [3.05, 3.63) is 71.3 Å². The maximum absolute atomic E-state index is 10.5. The highest BCUT2D eigenvalue weighted by molar-refractivity contribution is 5.78. The van der Waals surface area contributed by atoms with Crippen LogP contribution < -0.4 is 0 Å². The van der Waals surface area contributed by atoms with Crippen LogP contribution in [0.4, 0.5) is 0 Å². The van der Waals surface area contributed by atoms with Crippen LogP contribution in [0.25, 0.3) is 0 Å². The molecule has 1 fully saturated rings. The van der Waals surface area contributed by atoms with Gasteiger partial charge in [-0.05, 0) is 33.6 Å². The third-order valence-corrected chi connectivity index (χ3v) is 3.57. The van der Waals surface area contributed by atoms with Crippen LogP contribution >= 0.6 is 0 Å². The van der Waals surface area contributed by atoms with Crippen molar-refractivity contribution in [1.82, 2.24) is 0 Å². The highest BCUT2D eigenvalue weighted by atomic mass is 16.1. The van der Waals surface area contributed by atoms with Gasteiger partial charge in [-0.1, -0.05) is 77.7 Å². The summed E-state index contributed by atoms with van der Waals surface area (Å²) in [5.74, 6) is 0.464. The Balaban J connectivity index is 0.000000166. The van der Waals surface area contributed by atoms with Gasteiger partial charge in [-0.3, -0.25) is 4.79 Å². The van der Waals surface area contributed by atoms with Crippen molar-refractivity contribution < 1.29 is 4.79 Å². The SMILES string of the molecule is Cc1ccc(C)cc1.Cc1ccccc1.O=C1CCCCC1. The van der Waals surface area contributed by atoms with Crippen molar-refractivity contribution in [2.45, 2.75) is 52.9 Å². The number of Topliss-reactive ketones (excluding diaryl/α,β-unsaturated/α-hetero) is 1. The van der Waals surface area contributed by atoms with Crippen LogP contribution in [0.2, 0.25) is 0 Å². The van der Waals surface area contributed by atoms with E-state index in [-0.39, 0.29) is 0 Å². The molecule has 0 amide bonds. The van der Waals surface area contributed by atoms with Crippen LogP contribution in [-0.2, 0) is 4.79 Å². The lowest BCUT2D eigenvalue weighted by Gasteiger charge is -2.05. The second-order valence-electron chi connectivity index (χ2n) is 5.91. The first-order valence-electron chi connectivity index (χ1n) is 8.14. The molecule has 1 aliphatic carbocycles. The van der Waals surface area contributed by atoms with E-state index in [0.717, 1.165) is 25.7 Å². The lowest BCUT2D eigenvalue weighted by atomic mass is 10.00. The summed E-state index contributed by atoms with van der Waals surface area (Å²) in [7, 11) is 0. The highest BCUT2D eigenvalue weighted by Gasteiger charge is 2.05. The van der Waals surface area contributed by atoms with Crippen LogP contribution in [0.3, 0.4) is 0 Å². The Morgan fingerprint density at radius 3 is 1.27 bits per heavy atom. The Labute approximate surface area is 135 Å². The monoisotopic (exact) mass is 296 g/mol. The molecule has 1 aliphatic rings. The number of benzene rings is 2. The molecule has 0 aliphatic heterocycles. The topological polar surface area (TPSA) is 17.1 Å². The quantitative estimate of drug-likeness (QED) is 0.599. The van der Waals surface area contributed by atoms with Crippen molar-refractivity contribution in [2.24, 2.45) is 0 Å². The third-order valence-electron chi connectivity index (χ3n) is 3.57. The zero-order valence-electron chi connectivity index (χ0n) is 14.1. The standard InChI is InChI=1S/C8H10.C7H8.C6H10O/c1-7-3-5-8(2)6-4-7;1-7-5-3-2-4-6-7;7-6-4-2-1-3-5-6/h3-6H,1-2H3;2-6H,1H3;1-5H2. The largest absolute Gasteiger partial charge is 0.300 e. The summed E-state index contributed by atoms with van der Waals surface area (Å²) >= 11 is 0. The first-order chi connectivity index (χ1) is 10.6. The molecule has 0 heterocycles. The van der Waals surface area contributed by atoms with E-state index >= 15 is 0 Å². The second-order valence-corrected chi connectivity index (χ2v) is 5.91. The van der Waals surface area contributed by atoms with E-state index in [0.29, 0.717) is 5.78 Å². The number of ketones is 1. The van der Waals surface area contributed by atoms with Gasteiger partial charge < -0.3 is 0 Å².